The Kier molecular flexibility index (Phi) is 3.32. The SMILES string of the molecule is COC(=O)c1cc(F)cc(F)c1-c1ccccn1. The predicted molar refractivity (Wildman–Crippen MR) is 60.9 cm³/mol. The summed E-state index contributed by atoms with van der Waals surface area (Å²) in [5.41, 5.74) is -0.00653. The van der Waals surface area contributed by atoms with E-state index in [0.29, 0.717) is 6.07 Å². The van der Waals surface area contributed by atoms with Gasteiger partial charge in [0, 0.05) is 12.3 Å². The second kappa shape index (κ2) is 4.91. The highest BCUT2D eigenvalue weighted by Crippen LogP contribution is 2.26. The number of hydrogen-bond acceptors (Lipinski definition) is 3. The molecule has 0 aliphatic carbocycles. The summed E-state index contributed by atoms with van der Waals surface area (Å²) in [7, 11) is 1.15. The number of aromatic nitrogens is 1. The van der Waals surface area contributed by atoms with Crippen molar-refractivity contribution < 1.29 is 18.3 Å². The summed E-state index contributed by atoms with van der Waals surface area (Å²) in [4.78, 5) is 15.5. The van der Waals surface area contributed by atoms with Gasteiger partial charge in [0.1, 0.15) is 11.6 Å². The fraction of sp³-hybridized carbons (Fsp3) is 0.0769. The van der Waals surface area contributed by atoms with E-state index in [1.807, 2.05) is 0 Å². The van der Waals surface area contributed by atoms with E-state index < -0.39 is 17.6 Å². The first-order valence-corrected chi connectivity index (χ1v) is 5.12. The van der Waals surface area contributed by atoms with Crippen molar-refractivity contribution >= 4 is 5.97 Å². The summed E-state index contributed by atoms with van der Waals surface area (Å²) in [6.45, 7) is 0. The van der Waals surface area contributed by atoms with Crippen molar-refractivity contribution in [1.82, 2.24) is 4.98 Å². The van der Waals surface area contributed by atoms with Crippen LogP contribution in [0.1, 0.15) is 10.4 Å². The molecule has 0 aliphatic rings. The molecule has 0 unspecified atom stereocenters. The fourth-order valence-electron chi connectivity index (χ4n) is 1.62. The van der Waals surface area contributed by atoms with Gasteiger partial charge in [0.25, 0.3) is 0 Å². The van der Waals surface area contributed by atoms with E-state index in [4.69, 9.17) is 0 Å². The minimum Gasteiger partial charge on any atom is -0.465 e. The summed E-state index contributed by atoms with van der Waals surface area (Å²) in [6.07, 6.45) is 1.46. The summed E-state index contributed by atoms with van der Waals surface area (Å²) < 4.78 is 31.5. The summed E-state index contributed by atoms with van der Waals surface area (Å²) in [5, 5.41) is 0. The van der Waals surface area contributed by atoms with Crippen LogP contribution in [-0.4, -0.2) is 18.1 Å². The molecule has 1 heterocycles. The third-order valence-electron chi connectivity index (χ3n) is 2.38. The van der Waals surface area contributed by atoms with E-state index in [-0.39, 0.29) is 16.8 Å². The van der Waals surface area contributed by atoms with Crippen LogP contribution < -0.4 is 0 Å². The fourth-order valence-corrected chi connectivity index (χ4v) is 1.62. The molecule has 0 bridgehead atoms. The van der Waals surface area contributed by atoms with Crippen LogP contribution in [-0.2, 0) is 4.74 Å². The highest BCUT2D eigenvalue weighted by Gasteiger charge is 2.20. The van der Waals surface area contributed by atoms with Gasteiger partial charge in [0.2, 0.25) is 0 Å². The molecule has 0 N–H and O–H groups in total. The molecule has 0 atom stereocenters. The van der Waals surface area contributed by atoms with Gasteiger partial charge in [0.05, 0.1) is 23.9 Å². The highest BCUT2D eigenvalue weighted by molar-refractivity contribution is 5.96. The van der Waals surface area contributed by atoms with Crippen LogP contribution in [0.25, 0.3) is 11.3 Å². The molecular weight excluding hydrogens is 240 g/mol. The summed E-state index contributed by atoms with van der Waals surface area (Å²) >= 11 is 0. The van der Waals surface area contributed by atoms with Crippen molar-refractivity contribution in [2.75, 3.05) is 7.11 Å². The standard InChI is InChI=1S/C13H9F2NO2/c1-18-13(17)9-6-8(14)7-10(15)12(9)11-4-2-3-5-16-11/h2-7H,1H3. The predicted octanol–water partition coefficient (Wildman–Crippen LogP) is 2.81. The van der Waals surface area contributed by atoms with Crippen LogP contribution in [0.3, 0.4) is 0 Å². The van der Waals surface area contributed by atoms with Crippen molar-refractivity contribution in [3.8, 4) is 11.3 Å². The molecule has 3 nitrogen and oxygen atoms in total. The van der Waals surface area contributed by atoms with Gasteiger partial charge in [-0.05, 0) is 18.2 Å². The Morgan fingerprint density at radius 2 is 2.06 bits per heavy atom. The minimum absolute atomic E-state index is 0.0659. The van der Waals surface area contributed by atoms with Crippen molar-refractivity contribution in [1.29, 1.82) is 0 Å². The zero-order chi connectivity index (χ0) is 13.1. The third kappa shape index (κ3) is 2.20. The Labute approximate surface area is 102 Å². The molecule has 0 amide bonds. The number of esters is 1. The average Bonchev–Trinajstić information content (AvgIpc) is 2.38. The number of hydrogen-bond donors (Lipinski definition) is 0. The van der Waals surface area contributed by atoms with Gasteiger partial charge >= 0.3 is 5.97 Å². The Balaban J connectivity index is 2.69. The number of carbonyl (C=O) groups excluding carboxylic acids is 1. The molecule has 0 radical (unpaired) electrons. The molecule has 1 aromatic heterocycles. The van der Waals surface area contributed by atoms with Crippen LogP contribution in [0.2, 0.25) is 0 Å². The van der Waals surface area contributed by atoms with Crippen molar-refractivity contribution in [2.45, 2.75) is 0 Å². The zero-order valence-electron chi connectivity index (χ0n) is 9.48. The highest BCUT2D eigenvalue weighted by atomic mass is 19.1. The van der Waals surface area contributed by atoms with E-state index >= 15 is 0 Å². The topological polar surface area (TPSA) is 39.2 Å². The Hall–Kier alpha value is -2.30. The molecule has 18 heavy (non-hydrogen) atoms. The van der Waals surface area contributed by atoms with Gasteiger partial charge in [-0.2, -0.15) is 0 Å². The maximum Gasteiger partial charge on any atom is 0.338 e. The van der Waals surface area contributed by atoms with Crippen LogP contribution in [0.15, 0.2) is 36.5 Å². The van der Waals surface area contributed by atoms with Gasteiger partial charge in [-0.15, -0.1) is 0 Å². The third-order valence-corrected chi connectivity index (χ3v) is 2.38. The second-order valence-corrected chi connectivity index (χ2v) is 3.52. The molecule has 0 spiro atoms. The van der Waals surface area contributed by atoms with Crippen molar-refractivity contribution in [2.24, 2.45) is 0 Å². The summed E-state index contributed by atoms with van der Waals surface area (Å²) in [5.74, 6) is -2.50. The minimum atomic E-state index is -0.853. The smallest absolute Gasteiger partial charge is 0.338 e. The van der Waals surface area contributed by atoms with Crippen molar-refractivity contribution in [3.63, 3.8) is 0 Å². The van der Waals surface area contributed by atoms with Gasteiger partial charge in [-0.1, -0.05) is 6.07 Å². The van der Waals surface area contributed by atoms with E-state index in [9.17, 15) is 13.6 Å². The Morgan fingerprint density at radius 1 is 1.28 bits per heavy atom. The lowest BCUT2D eigenvalue weighted by Crippen LogP contribution is -2.06. The second-order valence-electron chi connectivity index (χ2n) is 3.52. The zero-order valence-corrected chi connectivity index (χ0v) is 9.48. The number of carbonyl (C=O) groups is 1. The van der Waals surface area contributed by atoms with Gasteiger partial charge in [-0.25, -0.2) is 13.6 Å². The molecule has 92 valence electrons. The van der Waals surface area contributed by atoms with Crippen LogP contribution >= 0.6 is 0 Å². The van der Waals surface area contributed by atoms with Crippen LogP contribution in [0, 0.1) is 11.6 Å². The first-order chi connectivity index (χ1) is 8.63. The Bertz CT molecular complexity index is 585. The number of halogens is 2. The largest absolute Gasteiger partial charge is 0.465 e. The van der Waals surface area contributed by atoms with Gasteiger partial charge in [0.15, 0.2) is 0 Å². The molecule has 2 rings (SSSR count). The first-order valence-electron chi connectivity index (χ1n) is 5.12. The van der Waals surface area contributed by atoms with E-state index in [0.717, 1.165) is 13.2 Å². The molecule has 1 aromatic carbocycles. The number of ether oxygens (including phenoxy) is 1. The van der Waals surface area contributed by atoms with E-state index in [1.54, 1.807) is 12.1 Å². The molecule has 0 fully saturated rings. The van der Waals surface area contributed by atoms with Crippen molar-refractivity contribution in [3.05, 3.63) is 53.7 Å². The number of pyridine rings is 1. The van der Waals surface area contributed by atoms with E-state index in [2.05, 4.69) is 9.72 Å². The molecule has 0 saturated carbocycles. The van der Waals surface area contributed by atoms with Crippen LogP contribution in [0.5, 0.6) is 0 Å². The molecule has 0 saturated heterocycles. The molecule has 2 aromatic rings. The average molecular weight is 249 g/mol. The number of rotatable bonds is 2. The molecule has 0 aliphatic heterocycles. The van der Waals surface area contributed by atoms with Gasteiger partial charge in [-0.3, -0.25) is 4.98 Å². The van der Waals surface area contributed by atoms with Crippen LogP contribution in [0.4, 0.5) is 8.78 Å². The maximum absolute atomic E-state index is 13.8. The molecule has 5 heteroatoms. The lowest BCUT2D eigenvalue weighted by atomic mass is 10.0. The normalized spacial score (nSPS) is 10.2. The molecular formula is C13H9F2NO2. The Morgan fingerprint density at radius 3 is 2.67 bits per heavy atom. The van der Waals surface area contributed by atoms with Gasteiger partial charge < -0.3 is 4.74 Å². The summed E-state index contributed by atoms with van der Waals surface area (Å²) in [6, 6.07) is 6.47. The number of methoxy groups -OCH3 is 1. The lowest BCUT2D eigenvalue weighted by molar-refractivity contribution is 0.0600. The maximum atomic E-state index is 13.8. The first kappa shape index (κ1) is 12.2. The lowest BCUT2D eigenvalue weighted by Gasteiger charge is -2.08. The number of benzene rings is 1. The monoisotopic (exact) mass is 249 g/mol. The number of nitrogens with zero attached hydrogens (tertiary/aromatic N) is 1. The quantitative estimate of drug-likeness (QED) is 0.768. The van der Waals surface area contributed by atoms with E-state index in [1.165, 1.54) is 12.3 Å².